The van der Waals surface area contributed by atoms with Gasteiger partial charge in [0.05, 0.1) is 18.3 Å². The molecule has 0 saturated carbocycles. The van der Waals surface area contributed by atoms with Crippen molar-refractivity contribution in [1.29, 1.82) is 0 Å². The third-order valence-electron chi connectivity index (χ3n) is 3.21. The first-order valence-corrected chi connectivity index (χ1v) is 6.55. The van der Waals surface area contributed by atoms with Crippen LogP contribution in [0.2, 0.25) is 0 Å². The highest BCUT2D eigenvalue weighted by atomic mass is 32.1. The molecular formula is C15H12FN3S. The number of fused-ring (bicyclic) bond motifs is 1. The molecule has 0 aliphatic heterocycles. The number of aromatic nitrogens is 2. The minimum absolute atomic E-state index is 0.194. The second kappa shape index (κ2) is 5.02. The summed E-state index contributed by atoms with van der Waals surface area (Å²) in [4.78, 5) is 0.194. The first-order valence-electron chi connectivity index (χ1n) is 6.14. The van der Waals surface area contributed by atoms with Gasteiger partial charge in [0.15, 0.2) is 0 Å². The summed E-state index contributed by atoms with van der Waals surface area (Å²) in [7, 11) is 0. The molecule has 1 aromatic heterocycles. The Balaban J connectivity index is 1.97. The van der Waals surface area contributed by atoms with E-state index in [9.17, 15) is 4.39 Å². The maximum Gasteiger partial charge on any atom is 0.128 e. The van der Waals surface area contributed by atoms with Crippen LogP contribution in [0.1, 0.15) is 11.1 Å². The Morgan fingerprint density at radius 3 is 2.80 bits per heavy atom. The van der Waals surface area contributed by atoms with Crippen LogP contribution in [0.5, 0.6) is 0 Å². The lowest BCUT2D eigenvalue weighted by molar-refractivity contribution is 0.590. The Kier molecular flexibility index (Phi) is 3.20. The molecule has 100 valence electrons. The molecule has 0 atom stereocenters. The zero-order chi connectivity index (χ0) is 14.1. The lowest BCUT2D eigenvalue weighted by atomic mass is 10.1. The molecule has 0 unspecified atom stereocenters. The van der Waals surface area contributed by atoms with Crippen molar-refractivity contribution in [3.63, 3.8) is 0 Å². The molecule has 2 N–H and O–H groups in total. The van der Waals surface area contributed by atoms with Gasteiger partial charge in [0.25, 0.3) is 0 Å². The van der Waals surface area contributed by atoms with E-state index in [1.165, 1.54) is 6.07 Å². The number of benzene rings is 2. The maximum atomic E-state index is 14.0. The third-order valence-corrected chi connectivity index (χ3v) is 3.44. The van der Waals surface area contributed by atoms with Crippen LogP contribution in [0, 0.1) is 5.82 Å². The van der Waals surface area contributed by atoms with E-state index in [0.717, 1.165) is 10.9 Å². The van der Waals surface area contributed by atoms with Crippen molar-refractivity contribution in [1.82, 2.24) is 9.78 Å². The van der Waals surface area contributed by atoms with Gasteiger partial charge in [-0.15, -0.1) is 0 Å². The van der Waals surface area contributed by atoms with E-state index >= 15 is 0 Å². The summed E-state index contributed by atoms with van der Waals surface area (Å²) in [5, 5.41) is 5.32. The number of halogens is 1. The van der Waals surface area contributed by atoms with Crippen molar-refractivity contribution in [2.75, 3.05) is 0 Å². The number of hydrogen-bond donors (Lipinski definition) is 1. The highest BCUT2D eigenvalue weighted by Crippen LogP contribution is 2.17. The Bertz CT molecular complexity index is 795. The second-order valence-electron chi connectivity index (χ2n) is 4.53. The normalized spacial score (nSPS) is 10.8. The van der Waals surface area contributed by atoms with E-state index in [0.29, 0.717) is 17.7 Å². The van der Waals surface area contributed by atoms with Crippen LogP contribution in [-0.2, 0) is 6.54 Å². The summed E-state index contributed by atoms with van der Waals surface area (Å²) < 4.78 is 15.8. The van der Waals surface area contributed by atoms with Gasteiger partial charge in [0, 0.05) is 16.5 Å². The predicted octanol–water partition coefficient (Wildman–Crippen LogP) is 2.86. The van der Waals surface area contributed by atoms with Crippen molar-refractivity contribution >= 4 is 28.1 Å². The minimum Gasteiger partial charge on any atom is -0.389 e. The largest absolute Gasteiger partial charge is 0.389 e. The molecule has 5 heteroatoms. The molecule has 20 heavy (non-hydrogen) atoms. The van der Waals surface area contributed by atoms with Gasteiger partial charge in [-0.05, 0) is 12.1 Å². The molecule has 3 nitrogen and oxygen atoms in total. The fraction of sp³-hybridized carbons (Fsp3) is 0.0667. The van der Waals surface area contributed by atoms with Crippen molar-refractivity contribution in [2.45, 2.75) is 6.54 Å². The molecular weight excluding hydrogens is 273 g/mol. The fourth-order valence-electron chi connectivity index (χ4n) is 2.14. The molecule has 0 radical (unpaired) electrons. The predicted molar refractivity (Wildman–Crippen MR) is 81.1 cm³/mol. The van der Waals surface area contributed by atoms with Gasteiger partial charge in [-0.25, -0.2) is 4.39 Å². The van der Waals surface area contributed by atoms with Gasteiger partial charge in [-0.1, -0.05) is 42.5 Å². The van der Waals surface area contributed by atoms with Gasteiger partial charge < -0.3 is 5.73 Å². The number of rotatable bonds is 3. The molecule has 1 heterocycles. The smallest absolute Gasteiger partial charge is 0.128 e. The average Bonchev–Trinajstić information content (AvgIpc) is 2.84. The molecule has 0 amide bonds. The van der Waals surface area contributed by atoms with Gasteiger partial charge in [0.2, 0.25) is 0 Å². The first-order chi connectivity index (χ1) is 9.65. The van der Waals surface area contributed by atoms with Crippen molar-refractivity contribution in [3.05, 3.63) is 65.6 Å². The van der Waals surface area contributed by atoms with E-state index in [1.54, 1.807) is 23.0 Å². The molecule has 0 saturated heterocycles. The number of hydrogen-bond acceptors (Lipinski definition) is 2. The maximum absolute atomic E-state index is 14.0. The van der Waals surface area contributed by atoms with Gasteiger partial charge in [-0.2, -0.15) is 5.10 Å². The van der Waals surface area contributed by atoms with Crippen molar-refractivity contribution < 1.29 is 4.39 Å². The summed E-state index contributed by atoms with van der Waals surface area (Å²) in [5.41, 5.74) is 7.56. The number of nitrogens with zero attached hydrogens (tertiary/aromatic N) is 2. The topological polar surface area (TPSA) is 43.8 Å². The van der Waals surface area contributed by atoms with Crippen LogP contribution in [-0.4, -0.2) is 14.8 Å². The summed E-state index contributed by atoms with van der Waals surface area (Å²) >= 11 is 4.84. The molecule has 2 aromatic carbocycles. The van der Waals surface area contributed by atoms with Crippen LogP contribution in [0.15, 0.2) is 48.7 Å². The Morgan fingerprint density at radius 1 is 1.25 bits per heavy atom. The zero-order valence-electron chi connectivity index (χ0n) is 10.6. The van der Waals surface area contributed by atoms with Crippen LogP contribution < -0.4 is 5.73 Å². The van der Waals surface area contributed by atoms with Gasteiger partial charge in [-0.3, -0.25) is 4.68 Å². The molecule has 0 spiro atoms. The molecule has 0 bridgehead atoms. The SMILES string of the molecule is NC(=S)c1ccc(Cn2ncc3ccccc32)c(F)c1. The molecule has 0 aliphatic carbocycles. The lowest BCUT2D eigenvalue weighted by Crippen LogP contribution is -2.11. The standard InChI is InChI=1S/C15H12FN3S/c16-13-7-10(15(17)20)5-6-12(13)9-19-14-4-2-1-3-11(14)8-18-19/h1-8H,9H2,(H2,17,20). The number of thiocarbonyl (C=S) groups is 1. The van der Waals surface area contributed by atoms with E-state index in [-0.39, 0.29) is 10.8 Å². The molecule has 3 aromatic rings. The Morgan fingerprint density at radius 2 is 2.05 bits per heavy atom. The van der Waals surface area contributed by atoms with Crippen molar-refractivity contribution in [2.24, 2.45) is 5.73 Å². The number of nitrogens with two attached hydrogens (primary N) is 1. The minimum atomic E-state index is -0.324. The highest BCUT2D eigenvalue weighted by Gasteiger charge is 2.08. The number of para-hydroxylation sites is 1. The van der Waals surface area contributed by atoms with Gasteiger partial charge >= 0.3 is 0 Å². The van der Waals surface area contributed by atoms with Crippen LogP contribution in [0.4, 0.5) is 4.39 Å². The summed E-state index contributed by atoms with van der Waals surface area (Å²) in [6.45, 7) is 0.372. The van der Waals surface area contributed by atoms with Crippen molar-refractivity contribution in [3.8, 4) is 0 Å². The molecule has 0 fully saturated rings. The van der Waals surface area contributed by atoms with E-state index in [2.05, 4.69) is 5.10 Å². The Labute approximate surface area is 120 Å². The first kappa shape index (κ1) is 12.7. The van der Waals surface area contributed by atoms with E-state index < -0.39 is 0 Å². The lowest BCUT2D eigenvalue weighted by Gasteiger charge is -2.07. The highest BCUT2D eigenvalue weighted by molar-refractivity contribution is 7.80. The fourth-order valence-corrected chi connectivity index (χ4v) is 2.27. The summed E-state index contributed by atoms with van der Waals surface area (Å²) in [6, 6.07) is 12.6. The average molecular weight is 285 g/mol. The Hall–Kier alpha value is -2.27. The van der Waals surface area contributed by atoms with Crippen LogP contribution in [0.25, 0.3) is 10.9 Å². The summed E-state index contributed by atoms with van der Waals surface area (Å²) in [6.07, 6.45) is 1.77. The van der Waals surface area contributed by atoms with E-state index in [4.69, 9.17) is 18.0 Å². The quantitative estimate of drug-likeness (QED) is 0.753. The molecule has 3 rings (SSSR count). The second-order valence-corrected chi connectivity index (χ2v) is 4.97. The van der Waals surface area contributed by atoms with E-state index in [1.807, 2.05) is 24.3 Å². The van der Waals surface area contributed by atoms with Crippen LogP contribution in [0.3, 0.4) is 0 Å². The van der Waals surface area contributed by atoms with Crippen LogP contribution >= 0.6 is 12.2 Å². The summed E-state index contributed by atoms with van der Waals surface area (Å²) in [5.74, 6) is -0.324. The third kappa shape index (κ3) is 2.28. The zero-order valence-corrected chi connectivity index (χ0v) is 11.4. The molecule has 0 aliphatic rings. The van der Waals surface area contributed by atoms with Gasteiger partial charge in [0.1, 0.15) is 10.8 Å². The monoisotopic (exact) mass is 285 g/mol.